The summed E-state index contributed by atoms with van der Waals surface area (Å²) in [5.41, 5.74) is 1.81. The van der Waals surface area contributed by atoms with Crippen LogP contribution in [0.3, 0.4) is 0 Å². The highest BCUT2D eigenvalue weighted by Gasteiger charge is 2.24. The van der Waals surface area contributed by atoms with Crippen LogP contribution in [-0.4, -0.2) is 13.2 Å². The summed E-state index contributed by atoms with van der Waals surface area (Å²) < 4.78 is 11.4. The van der Waals surface area contributed by atoms with E-state index in [9.17, 15) is 0 Å². The van der Waals surface area contributed by atoms with Crippen molar-refractivity contribution < 1.29 is 9.47 Å². The molecule has 3 nitrogen and oxygen atoms in total. The highest BCUT2D eigenvalue weighted by molar-refractivity contribution is 5.40. The summed E-state index contributed by atoms with van der Waals surface area (Å²) >= 11 is 0. The Labute approximate surface area is 112 Å². The molecule has 3 rings (SSSR count). The van der Waals surface area contributed by atoms with Gasteiger partial charge in [-0.2, -0.15) is 5.26 Å². The van der Waals surface area contributed by atoms with Crippen LogP contribution in [0.25, 0.3) is 0 Å². The lowest BCUT2D eigenvalue weighted by molar-refractivity contribution is 0.248. The van der Waals surface area contributed by atoms with Crippen LogP contribution in [0.5, 0.6) is 11.5 Å². The maximum atomic E-state index is 8.85. The van der Waals surface area contributed by atoms with Gasteiger partial charge in [0.2, 0.25) is 0 Å². The molecule has 0 spiro atoms. The first-order valence-corrected chi connectivity index (χ1v) is 6.21. The van der Waals surface area contributed by atoms with Gasteiger partial charge in [-0.15, -0.1) is 0 Å². The normalized spacial score (nSPS) is 16.3. The van der Waals surface area contributed by atoms with Crippen LogP contribution in [0.2, 0.25) is 0 Å². The minimum Gasteiger partial charge on any atom is -0.493 e. The number of hydrogen-bond donors (Lipinski definition) is 0. The largest absolute Gasteiger partial charge is 0.493 e. The number of nitriles is 1. The molecule has 0 radical (unpaired) electrons. The molecule has 2 aromatic carbocycles. The number of fused-ring (bicyclic) bond motifs is 1. The van der Waals surface area contributed by atoms with Gasteiger partial charge < -0.3 is 9.47 Å². The van der Waals surface area contributed by atoms with Gasteiger partial charge in [-0.1, -0.05) is 24.3 Å². The molecule has 1 heterocycles. The predicted octanol–water partition coefficient (Wildman–Crippen LogP) is 3.11. The van der Waals surface area contributed by atoms with Crippen LogP contribution in [0.4, 0.5) is 0 Å². The molecule has 0 saturated heterocycles. The van der Waals surface area contributed by atoms with E-state index >= 15 is 0 Å². The van der Waals surface area contributed by atoms with Gasteiger partial charge >= 0.3 is 0 Å². The Bertz CT molecular complexity index is 631. The van der Waals surface area contributed by atoms with Crippen molar-refractivity contribution in [3.8, 4) is 17.6 Å². The molecule has 0 bridgehead atoms. The van der Waals surface area contributed by atoms with Gasteiger partial charge in [0.1, 0.15) is 11.5 Å². The second-order valence-corrected chi connectivity index (χ2v) is 4.50. The lowest BCUT2D eigenvalue weighted by Gasteiger charge is -2.11. The summed E-state index contributed by atoms with van der Waals surface area (Å²) in [5, 5.41) is 8.85. The fourth-order valence-electron chi connectivity index (χ4n) is 2.22. The monoisotopic (exact) mass is 251 g/mol. The van der Waals surface area contributed by atoms with E-state index in [0.717, 1.165) is 11.5 Å². The van der Waals surface area contributed by atoms with Crippen molar-refractivity contribution in [2.75, 3.05) is 13.2 Å². The third kappa shape index (κ3) is 2.38. The van der Waals surface area contributed by atoms with Crippen LogP contribution in [0.1, 0.15) is 17.0 Å². The van der Waals surface area contributed by atoms with E-state index in [2.05, 4.69) is 12.1 Å². The fraction of sp³-hybridized carbons (Fsp3) is 0.188. The number of ether oxygens (including phenoxy) is 2. The van der Waals surface area contributed by atoms with Crippen LogP contribution in [0, 0.1) is 11.3 Å². The molecular weight excluding hydrogens is 238 g/mol. The second kappa shape index (κ2) is 5.03. The van der Waals surface area contributed by atoms with Crippen molar-refractivity contribution in [2.24, 2.45) is 0 Å². The average Bonchev–Trinajstić information content (AvgIpc) is 2.89. The van der Waals surface area contributed by atoms with Crippen molar-refractivity contribution in [1.82, 2.24) is 0 Å². The molecule has 0 aliphatic carbocycles. The highest BCUT2D eigenvalue weighted by Crippen LogP contribution is 2.33. The summed E-state index contributed by atoms with van der Waals surface area (Å²) in [7, 11) is 0. The van der Waals surface area contributed by atoms with E-state index in [0.29, 0.717) is 18.8 Å². The molecule has 0 N–H and O–H groups in total. The van der Waals surface area contributed by atoms with Gasteiger partial charge in [0.05, 0.1) is 30.8 Å². The summed E-state index contributed by atoms with van der Waals surface area (Å²) in [6.07, 6.45) is 0. The quantitative estimate of drug-likeness (QED) is 0.841. The van der Waals surface area contributed by atoms with Crippen LogP contribution in [0.15, 0.2) is 48.5 Å². The first-order valence-electron chi connectivity index (χ1n) is 6.21. The second-order valence-electron chi connectivity index (χ2n) is 4.50. The zero-order valence-electron chi connectivity index (χ0n) is 10.4. The van der Waals surface area contributed by atoms with Crippen molar-refractivity contribution in [2.45, 2.75) is 5.92 Å². The molecule has 0 saturated carbocycles. The van der Waals surface area contributed by atoms with Gasteiger partial charge in [0, 0.05) is 5.56 Å². The number of para-hydroxylation sites is 1. The average molecular weight is 251 g/mol. The van der Waals surface area contributed by atoms with E-state index in [4.69, 9.17) is 14.7 Å². The molecule has 1 atom stereocenters. The van der Waals surface area contributed by atoms with Crippen LogP contribution in [-0.2, 0) is 0 Å². The van der Waals surface area contributed by atoms with E-state index in [1.807, 2.05) is 30.3 Å². The fourth-order valence-corrected chi connectivity index (χ4v) is 2.22. The van der Waals surface area contributed by atoms with Gasteiger partial charge in [-0.05, 0) is 24.3 Å². The molecular formula is C16H13NO2. The van der Waals surface area contributed by atoms with E-state index in [1.165, 1.54) is 5.56 Å². The Morgan fingerprint density at radius 1 is 1.21 bits per heavy atom. The van der Waals surface area contributed by atoms with Crippen molar-refractivity contribution >= 4 is 0 Å². The summed E-state index contributed by atoms with van der Waals surface area (Å²) in [6, 6.07) is 17.3. The maximum absolute atomic E-state index is 8.85. The lowest BCUT2D eigenvalue weighted by Crippen LogP contribution is -2.11. The Morgan fingerprint density at radius 2 is 2.11 bits per heavy atom. The molecule has 19 heavy (non-hydrogen) atoms. The van der Waals surface area contributed by atoms with E-state index < -0.39 is 0 Å². The smallest absolute Gasteiger partial charge is 0.123 e. The third-order valence-corrected chi connectivity index (χ3v) is 3.21. The topological polar surface area (TPSA) is 42.2 Å². The molecule has 0 aromatic heterocycles. The minimum atomic E-state index is 0.252. The molecule has 2 aromatic rings. The third-order valence-electron chi connectivity index (χ3n) is 3.21. The summed E-state index contributed by atoms with van der Waals surface area (Å²) in [4.78, 5) is 0. The number of hydrogen-bond acceptors (Lipinski definition) is 3. The molecule has 0 fully saturated rings. The van der Waals surface area contributed by atoms with Crippen LogP contribution >= 0.6 is 0 Å². The molecule has 1 aliphatic rings. The van der Waals surface area contributed by atoms with Crippen molar-refractivity contribution in [1.29, 1.82) is 5.26 Å². The Morgan fingerprint density at radius 3 is 3.00 bits per heavy atom. The molecule has 0 amide bonds. The zero-order valence-corrected chi connectivity index (χ0v) is 10.4. The zero-order chi connectivity index (χ0) is 13.1. The molecule has 1 unspecified atom stereocenters. The highest BCUT2D eigenvalue weighted by atomic mass is 16.5. The number of benzene rings is 2. The predicted molar refractivity (Wildman–Crippen MR) is 71.3 cm³/mol. The van der Waals surface area contributed by atoms with Crippen molar-refractivity contribution in [3.05, 3.63) is 59.7 Å². The Balaban J connectivity index is 1.69. The lowest BCUT2D eigenvalue weighted by atomic mass is 10.0. The first kappa shape index (κ1) is 11.6. The SMILES string of the molecule is N#Cc1cccc(OCC2COc3ccccc32)c1. The van der Waals surface area contributed by atoms with E-state index in [1.54, 1.807) is 12.1 Å². The standard InChI is InChI=1S/C16H13NO2/c17-9-12-4-3-5-14(8-12)18-10-13-11-19-16-7-2-1-6-15(13)16/h1-8,13H,10-11H2. The number of rotatable bonds is 3. The van der Waals surface area contributed by atoms with Gasteiger partial charge in [-0.3, -0.25) is 0 Å². The summed E-state index contributed by atoms with van der Waals surface area (Å²) in [6.45, 7) is 1.21. The molecule has 94 valence electrons. The number of nitrogens with zero attached hydrogens (tertiary/aromatic N) is 1. The minimum absolute atomic E-state index is 0.252. The van der Waals surface area contributed by atoms with E-state index in [-0.39, 0.29) is 5.92 Å². The molecule has 3 heteroatoms. The first-order chi connectivity index (χ1) is 9.36. The van der Waals surface area contributed by atoms with Gasteiger partial charge in [-0.25, -0.2) is 0 Å². The van der Waals surface area contributed by atoms with Gasteiger partial charge in [0.15, 0.2) is 0 Å². The maximum Gasteiger partial charge on any atom is 0.123 e. The Kier molecular flexibility index (Phi) is 3.07. The van der Waals surface area contributed by atoms with Gasteiger partial charge in [0.25, 0.3) is 0 Å². The summed E-state index contributed by atoms with van der Waals surface area (Å²) in [5.74, 6) is 1.92. The van der Waals surface area contributed by atoms with Crippen molar-refractivity contribution in [3.63, 3.8) is 0 Å². The Hall–Kier alpha value is -2.47. The van der Waals surface area contributed by atoms with Crippen LogP contribution < -0.4 is 9.47 Å². The molecule has 1 aliphatic heterocycles.